The van der Waals surface area contributed by atoms with Gasteiger partial charge in [0, 0.05) is 17.8 Å². The Hall–Kier alpha value is -1.03. The smallest absolute Gasteiger partial charge is 0.221 e. The second kappa shape index (κ2) is 7.11. The van der Waals surface area contributed by atoms with E-state index < -0.39 is 0 Å². The van der Waals surface area contributed by atoms with Gasteiger partial charge in [-0.15, -0.1) is 11.6 Å². The van der Waals surface area contributed by atoms with Gasteiger partial charge in [0.05, 0.1) is 12.2 Å². The molecule has 0 aromatic carbocycles. The van der Waals surface area contributed by atoms with Gasteiger partial charge in [-0.2, -0.15) is 0 Å². The molecule has 0 amide bonds. The fourth-order valence-corrected chi connectivity index (χ4v) is 3.19. The van der Waals surface area contributed by atoms with Gasteiger partial charge in [0.15, 0.2) is 0 Å². The third-order valence-electron chi connectivity index (χ3n) is 4.15. The largest absolute Gasteiger partial charge is 0.478 e. The summed E-state index contributed by atoms with van der Waals surface area (Å²) in [6.45, 7) is 5.43. The first-order chi connectivity index (χ1) is 9.71. The van der Waals surface area contributed by atoms with Crippen LogP contribution in [0.2, 0.25) is 0 Å². The van der Waals surface area contributed by atoms with Crippen LogP contribution >= 0.6 is 11.6 Å². The van der Waals surface area contributed by atoms with Gasteiger partial charge in [-0.05, 0) is 26.7 Å². The monoisotopic (exact) mass is 297 g/mol. The molecule has 5 heteroatoms. The van der Waals surface area contributed by atoms with Crippen molar-refractivity contribution in [1.29, 1.82) is 0 Å². The van der Waals surface area contributed by atoms with Crippen molar-refractivity contribution >= 4 is 17.4 Å². The molecule has 0 radical (unpaired) electrons. The zero-order chi connectivity index (χ0) is 14.4. The Balaban J connectivity index is 2.04. The van der Waals surface area contributed by atoms with E-state index in [1.165, 1.54) is 32.1 Å². The second-order valence-electron chi connectivity index (χ2n) is 5.63. The third kappa shape index (κ3) is 3.54. The van der Waals surface area contributed by atoms with Crippen molar-refractivity contribution in [2.24, 2.45) is 5.41 Å². The zero-order valence-electron chi connectivity index (χ0n) is 12.4. The van der Waals surface area contributed by atoms with Crippen LogP contribution in [0.25, 0.3) is 0 Å². The molecule has 0 unspecified atom stereocenters. The molecule has 1 aromatic rings. The molecule has 1 fully saturated rings. The Morgan fingerprint density at radius 3 is 2.70 bits per heavy atom. The van der Waals surface area contributed by atoms with E-state index >= 15 is 0 Å². The normalized spacial score (nSPS) is 17.8. The summed E-state index contributed by atoms with van der Waals surface area (Å²) in [6.07, 6.45) is 7.84. The Bertz CT molecular complexity index is 433. The number of hydrogen-bond donors (Lipinski definition) is 1. The first-order valence-corrected chi connectivity index (χ1v) is 7.98. The molecule has 0 bridgehead atoms. The number of halogens is 1. The Morgan fingerprint density at radius 2 is 2.05 bits per heavy atom. The fourth-order valence-electron chi connectivity index (χ4n) is 2.83. The van der Waals surface area contributed by atoms with Crippen molar-refractivity contribution in [2.45, 2.75) is 46.0 Å². The average Bonchev–Trinajstić information content (AvgIpc) is 2.49. The molecular weight excluding hydrogens is 274 g/mol. The summed E-state index contributed by atoms with van der Waals surface area (Å²) in [5, 5.41) is 3.46. The van der Waals surface area contributed by atoms with Crippen LogP contribution in [-0.4, -0.2) is 29.0 Å². The summed E-state index contributed by atoms with van der Waals surface area (Å²) in [4.78, 5) is 8.49. The summed E-state index contributed by atoms with van der Waals surface area (Å²) in [7, 11) is 0. The highest BCUT2D eigenvalue weighted by Gasteiger charge is 2.31. The maximum atomic E-state index is 6.23. The highest BCUT2D eigenvalue weighted by Crippen LogP contribution is 2.37. The lowest BCUT2D eigenvalue weighted by molar-refractivity contribution is 0.237. The number of hydrogen-bond acceptors (Lipinski definition) is 4. The van der Waals surface area contributed by atoms with E-state index in [0.29, 0.717) is 18.4 Å². The van der Waals surface area contributed by atoms with Gasteiger partial charge in [-0.25, -0.2) is 9.97 Å². The molecule has 1 aliphatic carbocycles. The highest BCUT2D eigenvalue weighted by molar-refractivity contribution is 6.18. The second-order valence-corrected chi connectivity index (χ2v) is 5.90. The van der Waals surface area contributed by atoms with Crippen molar-refractivity contribution < 1.29 is 4.74 Å². The van der Waals surface area contributed by atoms with Gasteiger partial charge in [0.2, 0.25) is 5.88 Å². The molecule has 0 saturated heterocycles. The number of ether oxygens (including phenoxy) is 1. The molecule has 1 aromatic heterocycles. The molecule has 0 atom stereocenters. The number of alkyl halides is 1. The minimum Gasteiger partial charge on any atom is -0.478 e. The van der Waals surface area contributed by atoms with Crippen LogP contribution in [0.4, 0.5) is 5.82 Å². The zero-order valence-corrected chi connectivity index (χ0v) is 13.2. The maximum absolute atomic E-state index is 6.23. The van der Waals surface area contributed by atoms with Crippen LogP contribution in [0.5, 0.6) is 5.88 Å². The molecule has 0 aliphatic heterocycles. The van der Waals surface area contributed by atoms with E-state index in [1.807, 2.05) is 13.8 Å². The topological polar surface area (TPSA) is 47.0 Å². The summed E-state index contributed by atoms with van der Waals surface area (Å²) in [5.41, 5.74) is 1.18. The number of nitrogens with one attached hydrogen (secondary N) is 1. The van der Waals surface area contributed by atoms with Crippen LogP contribution in [0, 0.1) is 12.3 Å². The lowest BCUT2D eigenvalue weighted by Gasteiger charge is -2.36. The first-order valence-electron chi connectivity index (χ1n) is 7.45. The molecule has 1 N–H and O–H groups in total. The predicted molar refractivity (Wildman–Crippen MR) is 82.7 cm³/mol. The van der Waals surface area contributed by atoms with Crippen LogP contribution in [0.3, 0.4) is 0 Å². The molecule has 112 valence electrons. The van der Waals surface area contributed by atoms with Gasteiger partial charge in [-0.3, -0.25) is 0 Å². The van der Waals surface area contributed by atoms with E-state index in [-0.39, 0.29) is 5.41 Å². The predicted octanol–water partition coefficient (Wildman–Crippen LogP) is 3.78. The number of anilines is 1. The van der Waals surface area contributed by atoms with Gasteiger partial charge in [0.25, 0.3) is 0 Å². The van der Waals surface area contributed by atoms with E-state index in [1.54, 1.807) is 6.33 Å². The van der Waals surface area contributed by atoms with Gasteiger partial charge < -0.3 is 10.1 Å². The molecule has 2 rings (SSSR count). The number of rotatable bonds is 6. The van der Waals surface area contributed by atoms with E-state index in [4.69, 9.17) is 16.3 Å². The van der Waals surface area contributed by atoms with E-state index in [9.17, 15) is 0 Å². The van der Waals surface area contributed by atoms with Crippen LogP contribution in [0.1, 0.15) is 44.6 Å². The minimum atomic E-state index is 0.211. The molecule has 20 heavy (non-hydrogen) atoms. The summed E-state index contributed by atoms with van der Waals surface area (Å²) >= 11 is 6.23. The standard InChI is InChI=1S/C15H24ClN3O/c1-3-20-14-12(2)13(18-11-19-14)17-10-15(9-16)7-5-4-6-8-15/h11H,3-10H2,1-2H3,(H,17,18,19). The van der Waals surface area contributed by atoms with Gasteiger partial charge in [-0.1, -0.05) is 19.3 Å². The fraction of sp³-hybridized carbons (Fsp3) is 0.733. The molecule has 1 saturated carbocycles. The van der Waals surface area contributed by atoms with Crippen molar-refractivity contribution in [3.63, 3.8) is 0 Å². The Morgan fingerprint density at radius 1 is 1.30 bits per heavy atom. The molecule has 0 spiro atoms. The molecule has 1 heterocycles. The Labute approximate surface area is 126 Å². The van der Waals surface area contributed by atoms with Crippen LogP contribution < -0.4 is 10.1 Å². The maximum Gasteiger partial charge on any atom is 0.221 e. The SMILES string of the molecule is CCOc1ncnc(NCC2(CCl)CCCCC2)c1C. The number of nitrogens with zero attached hydrogens (tertiary/aromatic N) is 2. The van der Waals surface area contributed by atoms with Crippen molar-refractivity contribution in [3.05, 3.63) is 11.9 Å². The van der Waals surface area contributed by atoms with Gasteiger partial charge >= 0.3 is 0 Å². The third-order valence-corrected chi connectivity index (χ3v) is 4.71. The Kier molecular flexibility index (Phi) is 5.46. The first kappa shape index (κ1) is 15.4. The van der Waals surface area contributed by atoms with Crippen LogP contribution in [-0.2, 0) is 0 Å². The lowest BCUT2D eigenvalue weighted by atomic mass is 9.75. The molecular formula is C15H24ClN3O. The van der Waals surface area contributed by atoms with Crippen molar-refractivity contribution in [1.82, 2.24) is 9.97 Å². The lowest BCUT2D eigenvalue weighted by Crippen LogP contribution is -2.34. The quantitative estimate of drug-likeness (QED) is 0.812. The molecule has 1 aliphatic rings. The average molecular weight is 298 g/mol. The highest BCUT2D eigenvalue weighted by atomic mass is 35.5. The van der Waals surface area contributed by atoms with E-state index in [2.05, 4.69) is 15.3 Å². The van der Waals surface area contributed by atoms with Crippen molar-refractivity contribution in [3.8, 4) is 5.88 Å². The summed E-state index contributed by atoms with van der Waals surface area (Å²) < 4.78 is 5.50. The van der Waals surface area contributed by atoms with Crippen molar-refractivity contribution in [2.75, 3.05) is 24.3 Å². The van der Waals surface area contributed by atoms with Crippen LogP contribution in [0.15, 0.2) is 6.33 Å². The minimum absolute atomic E-state index is 0.211. The molecule has 4 nitrogen and oxygen atoms in total. The van der Waals surface area contributed by atoms with E-state index in [0.717, 1.165) is 17.9 Å². The van der Waals surface area contributed by atoms with Gasteiger partial charge in [0.1, 0.15) is 12.1 Å². The summed E-state index contributed by atoms with van der Waals surface area (Å²) in [5.74, 6) is 2.23. The summed E-state index contributed by atoms with van der Waals surface area (Å²) in [6, 6.07) is 0. The number of aromatic nitrogens is 2.